The second-order valence-electron chi connectivity index (χ2n) is 2.78. The molecule has 0 aromatic carbocycles. The summed E-state index contributed by atoms with van der Waals surface area (Å²) in [6, 6.07) is 0. The van der Waals surface area contributed by atoms with Crippen LogP contribution in [0, 0.1) is 0 Å². The van der Waals surface area contributed by atoms with Crippen molar-refractivity contribution in [3.8, 4) is 0 Å². The molecule has 1 N–H and O–H groups in total. The molecule has 8 nitrogen and oxygen atoms in total. The predicted molar refractivity (Wildman–Crippen MR) is 54.1 cm³/mol. The topological polar surface area (TPSA) is 116 Å². The van der Waals surface area contributed by atoms with E-state index in [2.05, 4.69) is 16.4 Å². The van der Waals surface area contributed by atoms with E-state index < -0.39 is 43.9 Å². The zero-order chi connectivity index (χ0) is 15.3. The molecule has 112 valence electrons. The van der Waals surface area contributed by atoms with Crippen molar-refractivity contribution in [1.29, 1.82) is 0 Å². The summed E-state index contributed by atoms with van der Waals surface area (Å²) in [6.07, 6.45) is 0.681. The first-order valence-electron chi connectivity index (χ1n) is 4.20. The van der Waals surface area contributed by atoms with E-state index in [4.69, 9.17) is 0 Å². The van der Waals surface area contributed by atoms with Gasteiger partial charge in [-0.3, -0.25) is 4.89 Å². The molecule has 0 unspecified atom stereocenters. The lowest BCUT2D eigenvalue weighted by atomic mass is 10.7. The lowest BCUT2D eigenvalue weighted by molar-refractivity contribution is -0.263. The summed E-state index contributed by atoms with van der Waals surface area (Å²) in [4.78, 5) is 18.3. The molecular weight excluding hydrogens is 319 g/mol. The number of sulfonamides is 2. The Morgan fingerprint density at radius 3 is 2.21 bits per heavy atom. The van der Waals surface area contributed by atoms with E-state index in [0.717, 1.165) is 0 Å². The Bertz CT molecular complexity index is 536. The number of alkyl halides is 3. The standard InChI is InChI=1S/C6H8F3NO7S2/c1-2-5(11)17-16-3-4-18(12,13)10-19(14,15)6(7,8)9/h2,10H,1,3-4H2. The number of carbonyl (C=O) groups excluding carboxylic acids is 1. The first-order chi connectivity index (χ1) is 8.41. The molecule has 0 heterocycles. The molecule has 0 fully saturated rings. The van der Waals surface area contributed by atoms with Gasteiger partial charge in [0.1, 0.15) is 6.61 Å². The fourth-order valence-electron chi connectivity index (χ4n) is 0.534. The smallest absolute Gasteiger partial charge is 0.294 e. The molecule has 0 aliphatic heterocycles. The Kier molecular flexibility index (Phi) is 5.92. The van der Waals surface area contributed by atoms with Gasteiger partial charge in [0, 0.05) is 6.08 Å². The highest BCUT2D eigenvalue weighted by atomic mass is 32.3. The van der Waals surface area contributed by atoms with Crippen molar-refractivity contribution in [2.75, 3.05) is 12.4 Å². The molecule has 0 aromatic heterocycles. The van der Waals surface area contributed by atoms with Crippen LogP contribution in [-0.4, -0.2) is 40.7 Å². The van der Waals surface area contributed by atoms with E-state index in [-0.39, 0.29) is 0 Å². The monoisotopic (exact) mass is 327 g/mol. The van der Waals surface area contributed by atoms with E-state index in [0.29, 0.717) is 10.2 Å². The van der Waals surface area contributed by atoms with E-state index in [9.17, 15) is 34.8 Å². The van der Waals surface area contributed by atoms with Crippen molar-refractivity contribution in [3.63, 3.8) is 0 Å². The fraction of sp³-hybridized carbons (Fsp3) is 0.500. The van der Waals surface area contributed by atoms with Gasteiger partial charge >= 0.3 is 21.5 Å². The van der Waals surface area contributed by atoms with E-state index in [1.54, 1.807) is 0 Å². The Labute approximate surface area is 106 Å². The van der Waals surface area contributed by atoms with Gasteiger partial charge in [0.2, 0.25) is 10.0 Å². The molecule has 19 heavy (non-hydrogen) atoms. The second-order valence-corrected chi connectivity index (χ2v) is 6.55. The van der Waals surface area contributed by atoms with Crippen molar-refractivity contribution in [2.45, 2.75) is 5.51 Å². The maximum Gasteiger partial charge on any atom is 0.512 e. The van der Waals surface area contributed by atoms with Gasteiger partial charge in [-0.1, -0.05) is 6.58 Å². The highest BCUT2D eigenvalue weighted by Gasteiger charge is 2.48. The minimum atomic E-state index is -6.03. The van der Waals surface area contributed by atoms with Crippen LogP contribution in [0.1, 0.15) is 0 Å². The molecule has 0 aliphatic rings. The highest BCUT2D eigenvalue weighted by molar-refractivity contribution is 8.05. The molecule has 0 rings (SSSR count). The molecule has 0 saturated carbocycles. The van der Waals surface area contributed by atoms with E-state index in [1.165, 1.54) is 0 Å². The molecule has 0 aliphatic carbocycles. The lowest BCUT2D eigenvalue weighted by Gasteiger charge is -2.09. The summed E-state index contributed by atoms with van der Waals surface area (Å²) >= 11 is 0. The van der Waals surface area contributed by atoms with Crippen LogP contribution in [0.4, 0.5) is 13.2 Å². The van der Waals surface area contributed by atoms with Crippen LogP contribution in [0.25, 0.3) is 0 Å². The van der Waals surface area contributed by atoms with Gasteiger partial charge in [-0.2, -0.15) is 18.1 Å². The quantitative estimate of drug-likeness (QED) is 0.288. The van der Waals surface area contributed by atoms with Crippen LogP contribution in [-0.2, 0) is 34.6 Å². The number of nitrogens with one attached hydrogen (secondary N) is 1. The maximum absolute atomic E-state index is 11.9. The van der Waals surface area contributed by atoms with Crippen LogP contribution < -0.4 is 4.13 Å². The summed E-state index contributed by atoms with van der Waals surface area (Å²) < 4.78 is 79.0. The van der Waals surface area contributed by atoms with E-state index >= 15 is 0 Å². The molecule has 0 atom stereocenters. The van der Waals surface area contributed by atoms with Gasteiger partial charge in [-0.15, -0.1) is 4.13 Å². The van der Waals surface area contributed by atoms with Crippen LogP contribution in [0.5, 0.6) is 0 Å². The molecule has 0 spiro atoms. The van der Waals surface area contributed by atoms with Crippen LogP contribution in [0.3, 0.4) is 0 Å². The van der Waals surface area contributed by atoms with E-state index in [1.807, 2.05) is 0 Å². The first kappa shape index (κ1) is 17.8. The van der Waals surface area contributed by atoms with Crippen LogP contribution in [0.15, 0.2) is 12.7 Å². The summed E-state index contributed by atoms with van der Waals surface area (Å²) in [7, 11) is -10.9. The summed E-state index contributed by atoms with van der Waals surface area (Å²) in [5.41, 5.74) is -5.77. The average molecular weight is 327 g/mol. The predicted octanol–water partition coefficient (Wildman–Crippen LogP) is -0.584. The molecule has 0 aromatic rings. The second kappa shape index (κ2) is 6.31. The first-order valence-corrected chi connectivity index (χ1v) is 7.33. The third-order valence-corrected chi connectivity index (χ3v) is 4.49. The van der Waals surface area contributed by atoms with Crippen molar-refractivity contribution in [3.05, 3.63) is 12.7 Å². The number of carbonyl (C=O) groups is 1. The zero-order valence-corrected chi connectivity index (χ0v) is 10.6. The van der Waals surface area contributed by atoms with Crippen LogP contribution in [0.2, 0.25) is 0 Å². The molecule has 0 bridgehead atoms. The summed E-state index contributed by atoms with van der Waals surface area (Å²) in [6.45, 7) is 2.10. The lowest BCUT2D eigenvalue weighted by Crippen LogP contribution is -2.41. The van der Waals surface area contributed by atoms with Crippen LogP contribution >= 0.6 is 0 Å². The number of hydrogen-bond donors (Lipinski definition) is 1. The third kappa shape index (κ3) is 6.51. The Morgan fingerprint density at radius 1 is 1.26 bits per heavy atom. The Balaban J connectivity index is 4.44. The van der Waals surface area contributed by atoms with Crippen molar-refractivity contribution < 1.29 is 44.6 Å². The van der Waals surface area contributed by atoms with Gasteiger partial charge in [0.25, 0.3) is 0 Å². The molecule has 13 heteroatoms. The van der Waals surface area contributed by atoms with Crippen molar-refractivity contribution in [1.82, 2.24) is 4.13 Å². The largest absolute Gasteiger partial charge is 0.512 e. The SMILES string of the molecule is C=CC(=O)OOCCS(=O)(=O)NS(=O)(=O)C(F)(F)F. The molecule has 0 radical (unpaired) electrons. The Hall–Kier alpha value is -1.18. The molecule has 0 amide bonds. The van der Waals surface area contributed by atoms with Crippen molar-refractivity contribution >= 4 is 26.0 Å². The van der Waals surface area contributed by atoms with Gasteiger partial charge in [-0.25, -0.2) is 21.6 Å². The average Bonchev–Trinajstić information content (AvgIpc) is 2.20. The molecule has 0 saturated heterocycles. The summed E-state index contributed by atoms with van der Waals surface area (Å²) in [5, 5.41) is 0. The normalized spacial score (nSPS) is 13.0. The van der Waals surface area contributed by atoms with Gasteiger partial charge in [-0.05, 0) is 0 Å². The van der Waals surface area contributed by atoms with Gasteiger partial charge < -0.3 is 0 Å². The zero-order valence-electron chi connectivity index (χ0n) is 9.01. The Morgan fingerprint density at radius 2 is 1.79 bits per heavy atom. The third-order valence-electron chi connectivity index (χ3n) is 1.28. The highest BCUT2D eigenvalue weighted by Crippen LogP contribution is 2.22. The fourth-order valence-corrected chi connectivity index (χ4v) is 2.87. The molecular formula is C6H8F3NO7S2. The van der Waals surface area contributed by atoms with Crippen molar-refractivity contribution in [2.24, 2.45) is 0 Å². The maximum atomic E-state index is 11.9. The van der Waals surface area contributed by atoms with Gasteiger partial charge in [0.05, 0.1) is 5.75 Å². The van der Waals surface area contributed by atoms with Gasteiger partial charge in [0.15, 0.2) is 0 Å². The summed E-state index contributed by atoms with van der Waals surface area (Å²) in [5.74, 6) is -2.24. The minimum absolute atomic E-state index is 0.453. The number of hydrogen-bond acceptors (Lipinski definition) is 7. The number of halogens is 3. The number of rotatable bonds is 7. The minimum Gasteiger partial charge on any atom is -0.294 e.